The molecule has 0 saturated carbocycles. The summed E-state index contributed by atoms with van der Waals surface area (Å²) in [7, 11) is 1.90. The van der Waals surface area contributed by atoms with Gasteiger partial charge in [-0.3, -0.25) is 4.79 Å². The number of hydrogen-bond acceptors (Lipinski definition) is 4. The van der Waals surface area contributed by atoms with E-state index in [1.165, 1.54) is 6.33 Å². The van der Waals surface area contributed by atoms with Gasteiger partial charge in [0.15, 0.2) is 0 Å². The minimum atomic E-state index is 0. The molecule has 0 aliphatic carbocycles. The number of amides is 1. The summed E-state index contributed by atoms with van der Waals surface area (Å²) in [6.45, 7) is 3.94. The second-order valence-electron chi connectivity index (χ2n) is 5.74. The molecule has 124 valence electrons. The van der Waals surface area contributed by atoms with E-state index in [9.17, 15) is 4.79 Å². The van der Waals surface area contributed by atoms with Gasteiger partial charge in [0.1, 0.15) is 12.7 Å². The van der Waals surface area contributed by atoms with Gasteiger partial charge in [-0.15, -0.1) is 12.4 Å². The largest absolute Gasteiger partial charge is 0.339 e. The average Bonchev–Trinajstić information content (AvgIpc) is 3.08. The summed E-state index contributed by atoms with van der Waals surface area (Å²) in [6.07, 6.45) is 5.19. The number of nitrogens with zero attached hydrogens (tertiary/aromatic N) is 4. The molecule has 2 aromatic rings. The number of halogens is 1. The number of carbonyl (C=O) groups is 1. The highest BCUT2D eigenvalue weighted by molar-refractivity contribution is 5.94. The summed E-state index contributed by atoms with van der Waals surface area (Å²) in [4.78, 5) is 18.5. The van der Waals surface area contributed by atoms with E-state index >= 15 is 0 Å². The van der Waals surface area contributed by atoms with Gasteiger partial charge in [0.25, 0.3) is 5.91 Å². The number of aromatic nitrogens is 3. The Labute approximate surface area is 142 Å². The summed E-state index contributed by atoms with van der Waals surface area (Å²) >= 11 is 0. The molecule has 0 spiro atoms. The molecule has 3 rings (SSSR count). The normalized spacial score (nSPS) is 15.0. The zero-order valence-corrected chi connectivity index (χ0v) is 14.2. The summed E-state index contributed by atoms with van der Waals surface area (Å²) in [5.74, 6) is 0.0835. The monoisotopic (exact) mass is 335 g/mol. The Morgan fingerprint density at radius 1 is 1.35 bits per heavy atom. The number of piperidine rings is 1. The molecule has 0 bridgehead atoms. The van der Waals surface area contributed by atoms with Crippen LogP contribution in [0.1, 0.15) is 28.8 Å². The Hall–Kier alpha value is -1.92. The minimum Gasteiger partial charge on any atom is -0.339 e. The first-order valence-corrected chi connectivity index (χ1v) is 7.60. The second-order valence-corrected chi connectivity index (χ2v) is 5.74. The third-order valence-corrected chi connectivity index (χ3v) is 4.29. The Kier molecular flexibility index (Phi) is 5.74. The van der Waals surface area contributed by atoms with Gasteiger partial charge in [-0.1, -0.05) is 0 Å². The highest BCUT2D eigenvalue weighted by Crippen LogP contribution is 2.18. The molecule has 1 aromatic heterocycles. The molecule has 1 aromatic carbocycles. The number of aryl methyl sites for hydroxylation is 1. The molecule has 1 saturated heterocycles. The van der Waals surface area contributed by atoms with Crippen LogP contribution in [-0.2, 0) is 0 Å². The maximum absolute atomic E-state index is 12.7. The fraction of sp³-hybridized carbons (Fsp3) is 0.438. The van der Waals surface area contributed by atoms with Crippen LogP contribution >= 0.6 is 12.4 Å². The summed E-state index contributed by atoms with van der Waals surface area (Å²) < 4.78 is 1.71. The topological polar surface area (TPSA) is 63.1 Å². The maximum atomic E-state index is 12.7. The molecular weight excluding hydrogens is 314 g/mol. The molecule has 2 heterocycles. The number of rotatable bonds is 3. The molecule has 23 heavy (non-hydrogen) atoms. The van der Waals surface area contributed by atoms with Gasteiger partial charge in [0.05, 0.1) is 5.69 Å². The highest BCUT2D eigenvalue weighted by atomic mass is 35.5. The van der Waals surface area contributed by atoms with Crippen LogP contribution in [0.2, 0.25) is 0 Å². The molecule has 0 atom stereocenters. The Balaban J connectivity index is 0.00000192. The van der Waals surface area contributed by atoms with E-state index in [4.69, 9.17) is 0 Å². The van der Waals surface area contributed by atoms with Gasteiger partial charge in [0.2, 0.25) is 0 Å². The predicted molar refractivity (Wildman–Crippen MR) is 91.3 cm³/mol. The van der Waals surface area contributed by atoms with Gasteiger partial charge in [-0.05, 0) is 56.6 Å². The van der Waals surface area contributed by atoms with Crippen LogP contribution in [0.3, 0.4) is 0 Å². The number of hydrogen-bond donors (Lipinski definition) is 1. The van der Waals surface area contributed by atoms with Crippen molar-refractivity contribution in [3.63, 3.8) is 0 Å². The fourth-order valence-electron chi connectivity index (χ4n) is 2.94. The molecule has 6 nitrogen and oxygen atoms in total. The van der Waals surface area contributed by atoms with E-state index in [-0.39, 0.29) is 18.3 Å². The number of carbonyl (C=O) groups excluding carboxylic acids is 1. The van der Waals surface area contributed by atoms with Crippen LogP contribution in [0.15, 0.2) is 30.9 Å². The van der Waals surface area contributed by atoms with Crippen molar-refractivity contribution < 1.29 is 4.79 Å². The molecule has 1 aliphatic heterocycles. The van der Waals surface area contributed by atoms with E-state index < -0.39 is 0 Å². The van der Waals surface area contributed by atoms with Crippen LogP contribution in [-0.4, -0.2) is 51.8 Å². The van der Waals surface area contributed by atoms with Crippen molar-refractivity contribution in [2.45, 2.75) is 25.8 Å². The smallest absolute Gasteiger partial charge is 0.253 e. The number of benzene rings is 1. The van der Waals surface area contributed by atoms with Crippen LogP contribution < -0.4 is 5.32 Å². The molecular formula is C16H22ClN5O. The molecule has 0 radical (unpaired) electrons. The number of nitrogens with one attached hydrogen (secondary N) is 1. The lowest BCUT2D eigenvalue weighted by atomic mass is 10.0. The van der Waals surface area contributed by atoms with E-state index in [1.54, 1.807) is 11.0 Å². The molecule has 1 fully saturated rings. The molecule has 1 aliphatic rings. The molecule has 1 N–H and O–H groups in total. The summed E-state index contributed by atoms with van der Waals surface area (Å²) in [5.41, 5.74) is 2.68. The zero-order valence-electron chi connectivity index (χ0n) is 13.4. The van der Waals surface area contributed by atoms with E-state index in [1.807, 2.05) is 37.1 Å². The first kappa shape index (κ1) is 17.4. The summed E-state index contributed by atoms with van der Waals surface area (Å²) in [5, 5.41) is 7.46. The lowest BCUT2D eigenvalue weighted by Gasteiger charge is -2.31. The third kappa shape index (κ3) is 3.71. The fourth-order valence-corrected chi connectivity index (χ4v) is 2.94. The van der Waals surface area contributed by atoms with Gasteiger partial charge in [-0.25, -0.2) is 9.67 Å². The van der Waals surface area contributed by atoms with Gasteiger partial charge in [0, 0.05) is 18.7 Å². The molecule has 0 unspecified atom stereocenters. The minimum absolute atomic E-state index is 0. The van der Waals surface area contributed by atoms with Crippen molar-refractivity contribution in [1.82, 2.24) is 25.0 Å². The van der Waals surface area contributed by atoms with Crippen molar-refractivity contribution in [3.05, 3.63) is 42.0 Å². The van der Waals surface area contributed by atoms with Crippen LogP contribution in [0, 0.1) is 6.92 Å². The van der Waals surface area contributed by atoms with Crippen molar-refractivity contribution in [1.29, 1.82) is 0 Å². The first-order chi connectivity index (χ1) is 10.7. The zero-order chi connectivity index (χ0) is 15.5. The van der Waals surface area contributed by atoms with Gasteiger partial charge in [-0.2, -0.15) is 5.10 Å². The standard InChI is InChI=1S/C16H21N5O.ClH/c1-12-9-13(3-4-15(12)21-11-18-10-19-21)16(22)20(2)14-5-7-17-8-6-14;/h3-4,9-11,14,17H,5-8H2,1-2H3;1H. The lowest BCUT2D eigenvalue weighted by molar-refractivity contribution is 0.0703. The van der Waals surface area contributed by atoms with Crippen molar-refractivity contribution in [3.8, 4) is 5.69 Å². The maximum Gasteiger partial charge on any atom is 0.253 e. The Morgan fingerprint density at radius 3 is 2.70 bits per heavy atom. The summed E-state index contributed by atoms with van der Waals surface area (Å²) in [6, 6.07) is 6.04. The van der Waals surface area contributed by atoms with Crippen LogP contribution in [0.5, 0.6) is 0 Å². The highest BCUT2D eigenvalue weighted by Gasteiger charge is 2.23. The van der Waals surface area contributed by atoms with Crippen LogP contribution in [0.4, 0.5) is 0 Å². The second kappa shape index (κ2) is 7.57. The van der Waals surface area contributed by atoms with Gasteiger partial charge >= 0.3 is 0 Å². The van der Waals surface area contributed by atoms with Crippen molar-refractivity contribution in [2.75, 3.05) is 20.1 Å². The average molecular weight is 336 g/mol. The van der Waals surface area contributed by atoms with Gasteiger partial charge < -0.3 is 10.2 Å². The Morgan fingerprint density at radius 2 is 2.09 bits per heavy atom. The van der Waals surface area contributed by atoms with Crippen LogP contribution in [0.25, 0.3) is 5.69 Å². The first-order valence-electron chi connectivity index (χ1n) is 7.60. The third-order valence-electron chi connectivity index (χ3n) is 4.29. The molecule has 7 heteroatoms. The lowest BCUT2D eigenvalue weighted by Crippen LogP contribution is -2.43. The van der Waals surface area contributed by atoms with Crippen molar-refractivity contribution in [2.24, 2.45) is 0 Å². The molecule has 1 amide bonds. The quantitative estimate of drug-likeness (QED) is 0.929. The van der Waals surface area contributed by atoms with E-state index in [0.29, 0.717) is 6.04 Å². The predicted octanol–water partition coefficient (Wildman–Crippen LogP) is 1.82. The van der Waals surface area contributed by atoms with E-state index in [0.717, 1.165) is 42.7 Å². The van der Waals surface area contributed by atoms with E-state index in [2.05, 4.69) is 15.4 Å². The van der Waals surface area contributed by atoms with Crippen molar-refractivity contribution >= 4 is 18.3 Å². The Bertz CT molecular complexity index is 652. The SMILES string of the molecule is Cc1cc(C(=O)N(C)C2CCNCC2)ccc1-n1cncn1.Cl.